The van der Waals surface area contributed by atoms with Gasteiger partial charge in [0.25, 0.3) is 5.91 Å². The van der Waals surface area contributed by atoms with Crippen LogP contribution in [0.4, 0.5) is 0 Å². The zero-order valence-electron chi connectivity index (χ0n) is 9.64. The van der Waals surface area contributed by atoms with Gasteiger partial charge >= 0.3 is 0 Å². The highest BCUT2D eigenvalue weighted by Crippen LogP contribution is 2.22. The van der Waals surface area contributed by atoms with Crippen molar-refractivity contribution in [2.24, 2.45) is 0 Å². The standard InChI is InChI=1S/C13H12N2O2/c1-3-5-13(17)15(2)12(9-14)10-6-4-7-11(16)8-10/h4,6-8,12,16H,1-2H3. The van der Waals surface area contributed by atoms with Crippen LogP contribution in [-0.4, -0.2) is 23.0 Å². The van der Waals surface area contributed by atoms with E-state index in [0.717, 1.165) is 0 Å². The summed E-state index contributed by atoms with van der Waals surface area (Å²) in [6.45, 7) is 1.56. The van der Waals surface area contributed by atoms with Crippen molar-refractivity contribution in [2.45, 2.75) is 13.0 Å². The number of rotatable bonds is 2. The van der Waals surface area contributed by atoms with Gasteiger partial charge in [-0.05, 0) is 30.5 Å². The third-order valence-corrected chi connectivity index (χ3v) is 2.25. The van der Waals surface area contributed by atoms with E-state index in [4.69, 9.17) is 5.26 Å². The van der Waals surface area contributed by atoms with Crippen LogP contribution < -0.4 is 0 Å². The average molecular weight is 228 g/mol. The van der Waals surface area contributed by atoms with Gasteiger partial charge < -0.3 is 10.0 Å². The number of phenols is 1. The molecule has 1 atom stereocenters. The first kappa shape index (κ1) is 12.6. The summed E-state index contributed by atoms with van der Waals surface area (Å²) in [7, 11) is 1.50. The molecule has 0 aliphatic carbocycles. The highest BCUT2D eigenvalue weighted by Gasteiger charge is 2.20. The molecular formula is C13H12N2O2. The monoisotopic (exact) mass is 228 g/mol. The topological polar surface area (TPSA) is 64.3 Å². The average Bonchev–Trinajstić information content (AvgIpc) is 2.30. The SMILES string of the molecule is CC#CC(=O)N(C)C(C#N)c1cccc(O)c1. The molecule has 0 saturated carbocycles. The zero-order chi connectivity index (χ0) is 12.8. The van der Waals surface area contributed by atoms with Gasteiger partial charge in [-0.2, -0.15) is 5.26 Å². The van der Waals surface area contributed by atoms with Gasteiger partial charge in [0.1, 0.15) is 11.8 Å². The first-order valence-corrected chi connectivity index (χ1v) is 4.98. The molecule has 0 aliphatic heterocycles. The van der Waals surface area contributed by atoms with Crippen molar-refractivity contribution in [3.05, 3.63) is 29.8 Å². The van der Waals surface area contributed by atoms with Crippen molar-refractivity contribution in [2.75, 3.05) is 7.05 Å². The number of nitrogens with zero attached hydrogens (tertiary/aromatic N) is 2. The van der Waals surface area contributed by atoms with Crippen LogP contribution in [0, 0.1) is 23.2 Å². The Balaban J connectivity index is 3.03. The van der Waals surface area contributed by atoms with E-state index in [2.05, 4.69) is 11.8 Å². The molecule has 0 saturated heterocycles. The predicted molar refractivity (Wildman–Crippen MR) is 62.7 cm³/mol. The quantitative estimate of drug-likeness (QED) is 0.779. The second-order valence-corrected chi connectivity index (χ2v) is 3.42. The molecule has 1 unspecified atom stereocenters. The van der Waals surface area contributed by atoms with Crippen LogP contribution in [0.3, 0.4) is 0 Å². The number of carbonyl (C=O) groups is 1. The molecule has 4 heteroatoms. The highest BCUT2D eigenvalue weighted by molar-refractivity contribution is 5.93. The summed E-state index contributed by atoms with van der Waals surface area (Å²) in [6.07, 6.45) is 0. The molecule has 1 aromatic carbocycles. The van der Waals surface area contributed by atoms with Gasteiger partial charge in [-0.15, -0.1) is 0 Å². The summed E-state index contributed by atoms with van der Waals surface area (Å²) >= 11 is 0. The molecular weight excluding hydrogens is 216 g/mol. The lowest BCUT2D eigenvalue weighted by molar-refractivity contribution is -0.125. The van der Waals surface area contributed by atoms with Gasteiger partial charge in [-0.1, -0.05) is 18.1 Å². The molecule has 0 fully saturated rings. The van der Waals surface area contributed by atoms with E-state index in [0.29, 0.717) is 5.56 Å². The number of hydrogen-bond acceptors (Lipinski definition) is 3. The number of carbonyl (C=O) groups excluding carboxylic acids is 1. The minimum Gasteiger partial charge on any atom is -0.508 e. The lowest BCUT2D eigenvalue weighted by Crippen LogP contribution is -2.29. The van der Waals surface area contributed by atoms with Crippen molar-refractivity contribution >= 4 is 5.91 Å². The number of benzene rings is 1. The van der Waals surface area contributed by atoms with E-state index in [1.807, 2.05) is 6.07 Å². The van der Waals surface area contributed by atoms with E-state index in [-0.39, 0.29) is 5.75 Å². The summed E-state index contributed by atoms with van der Waals surface area (Å²) in [5.74, 6) is 4.49. The van der Waals surface area contributed by atoms with Crippen LogP contribution in [0.1, 0.15) is 18.5 Å². The summed E-state index contributed by atoms with van der Waals surface area (Å²) in [6, 6.07) is 7.52. The fraction of sp³-hybridized carbons (Fsp3) is 0.231. The first-order valence-electron chi connectivity index (χ1n) is 4.98. The van der Waals surface area contributed by atoms with Gasteiger partial charge in [0.05, 0.1) is 6.07 Å². The number of amides is 1. The van der Waals surface area contributed by atoms with Crippen molar-refractivity contribution < 1.29 is 9.90 Å². The Kier molecular flexibility index (Phi) is 4.14. The second-order valence-electron chi connectivity index (χ2n) is 3.42. The predicted octanol–water partition coefficient (Wildman–Crippen LogP) is 1.44. The molecule has 4 nitrogen and oxygen atoms in total. The minimum absolute atomic E-state index is 0.0603. The maximum Gasteiger partial charge on any atom is 0.299 e. The first-order chi connectivity index (χ1) is 8.10. The Hall–Kier alpha value is -2.46. The minimum atomic E-state index is -0.754. The van der Waals surface area contributed by atoms with E-state index >= 15 is 0 Å². The largest absolute Gasteiger partial charge is 0.508 e. The molecule has 0 spiro atoms. The van der Waals surface area contributed by atoms with Crippen molar-refractivity contribution in [1.82, 2.24) is 4.90 Å². The molecule has 0 bridgehead atoms. The highest BCUT2D eigenvalue weighted by atomic mass is 16.3. The van der Waals surface area contributed by atoms with E-state index < -0.39 is 11.9 Å². The summed E-state index contributed by atoms with van der Waals surface area (Å²) < 4.78 is 0. The Morgan fingerprint density at radius 1 is 1.53 bits per heavy atom. The van der Waals surface area contributed by atoms with E-state index in [1.54, 1.807) is 19.1 Å². The molecule has 1 amide bonds. The van der Waals surface area contributed by atoms with Crippen LogP contribution in [-0.2, 0) is 4.79 Å². The van der Waals surface area contributed by atoms with Gasteiger partial charge in [-0.3, -0.25) is 4.79 Å². The van der Waals surface area contributed by atoms with Crippen LogP contribution in [0.2, 0.25) is 0 Å². The Labute approximate surface area is 100 Å². The van der Waals surface area contributed by atoms with Gasteiger partial charge in [0, 0.05) is 7.05 Å². The van der Waals surface area contributed by atoms with Gasteiger partial charge in [0.2, 0.25) is 0 Å². The number of hydrogen-bond donors (Lipinski definition) is 1. The van der Waals surface area contributed by atoms with E-state index in [1.165, 1.54) is 24.1 Å². The number of aromatic hydroxyl groups is 1. The van der Waals surface area contributed by atoms with Crippen LogP contribution >= 0.6 is 0 Å². The lowest BCUT2D eigenvalue weighted by Gasteiger charge is -2.20. The fourth-order valence-corrected chi connectivity index (χ4v) is 1.39. The molecule has 86 valence electrons. The summed E-state index contributed by atoms with van der Waals surface area (Å²) in [5.41, 5.74) is 0.557. The van der Waals surface area contributed by atoms with Crippen LogP contribution in [0.25, 0.3) is 0 Å². The molecule has 1 aromatic rings. The number of phenolic OH excluding ortho intramolecular Hbond substituents is 1. The Morgan fingerprint density at radius 2 is 2.24 bits per heavy atom. The second kappa shape index (κ2) is 5.58. The molecule has 1 rings (SSSR count). The van der Waals surface area contributed by atoms with Gasteiger partial charge in [-0.25, -0.2) is 0 Å². The molecule has 17 heavy (non-hydrogen) atoms. The van der Waals surface area contributed by atoms with Crippen molar-refractivity contribution in [1.29, 1.82) is 5.26 Å². The molecule has 0 aliphatic rings. The Morgan fingerprint density at radius 3 is 2.76 bits per heavy atom. The van der Waals surface area contributed by atoms with Crippen molar-refractivity contribution in [3.8, 4) is 23.7 Å². The number of nitriles is 1. The molecule has 0 radical (unpaired) electrons. The third-order valence-electron chi connectivity index (χ3n) is 2.25. The maximum atomic E-state index is 11.5. The fourth-order valence-electron chi connectivity index (χ4n) is 1.39. The zero-order valence-corrected chi connectivity index (χ0v) is 9.64. The van der Waals surface area contributed by atoms with Crippen LogP contribution in [0.15, 0.2) is 24.3 Å². The van der Waals surface area contributed by atoms with Crippen molar-refractivity contribution in [3.63, 3.8) is 0 Å². The van der Waals surface area contributed by atoms with Crippen LogP contribution in [0.5, 0.6) is 5.75 Å². The Bertz CT molecular complexity index is 520. The van der Waals surface area contributed by atoms with Gasteiger partial charge in [0.15, 0.2) is 0 Å². The molecule has 0 aromatic heterocycles. The maximum absolute atomic E-state index is 11.5. The third kappa shape index (κ3) is 2.99. The lowest BCUT2D eigenvalue weighted by atomic mass is 10.1. The normalized spacial score (nSPS) is 10.6. The summed E-state index contributed by atoms with van der Waals surface area (Å²) in [4.78, 5) is 12.8. The summed E-state index contributed by atoms with van der Waals surface area (Å²) in [5, 5.41) is 18.4. The molecule has 1 N–H and O–H groups in total. The van der Waals surface area contributed by atoms with E-state index in [9.17, 15) is 9.90 Å². The molecule has 0 heterocycles. The smallest absolute Gasteiger partial charge is 0.299 e.